The van der Waals surface area contributed by atoms with Crippen molar-refractivity contribution in [2.75, 3.05) is 38.5 Å². The average molecular weight is 366 g/mol. The molecular formula is C17H26N4O3S. The lowest BCUT2D eigenvalue weighted by molar-refractivity contribution is 0.202. The van der Waals surface area contributed by atoms with Gasteiger partial charge in [-0.1, -0.05) is 24.3 Å². The summed E-state index contributed by atoms with van der Waals surface area (Å²) in [4.78, 5) is 16.2. The van der Waals surface area contributed by atoms with E-state index in [2.05, 4.69) is 34.5 Å². The lowest BCUT2D eigenvalue weighted by Gasteiger charge is -2.29. The summed E-state index contributed by atoms with van der Waals surface area (Å²) in [7, 11) is -3.48. The molecular weight excluding hydrogens is 340 g/mol. The molecule has 2 heterocycles. The molecule has 3 rings (SSSR count). The first-order valence-corrected chi connectivity index (χ1v) is 10.4. The second-order valence-corrected chi connectivity index (χ2v) is 8.62. The Labute approximate surface area is 149 Å². The number of nitrogens with one attached hydrogen (secondary N) is 1. The summed E-state index contributed by atoms with van der Waals surface area (Å²) in [6.45, 7) is 4.38. The average Bonchev–Trinajstić information content (AvgIpc) is 3.01. The van der Waals surface area contributed by atoms with E-state index in [1.165, 1.54) is 11.1 Å². The Morgan fingerprint density at radius 1 is 1.24 bits per heavy atom. The van der Waals surface area contributed by atoms with Crippen LogP contribution in [0.1, 0.15) is 17.5 Å². The van der Waals surface area contributed by atoms with Gasteiger partial charge >= 0.3 is 6.03 Å². The minimum atomic E-state index is -3.48. The van der Waals surface area contributed by atoms with Gasteiger partial charge in [-0.3, -0.25) is 4.90 Å². The monoisotopic (exact) mass is 366 g/mol. The van der Waals surface area contributed by atoms with E-state index in [0.717, 1.165) is 26.1 Å². The van der Waals surface area contributed by atoms with Crippen LogP contribution in [0.15, 0.2) is 24.3 Å². The Morgan fingerprint density at radius 2 is 2.00 bits per heavy atom. The van der Waals surface area contributed by atoms with E-state index < -0.39 is 10.0 Å². The third-order valence-electron chi connectivity index (χ3n) is 4.96. The van der Waals surface area contributed by atoms with Crippen molar-refractivity contribution in [3.8, 4) is 0 Å². The van der Waals surface area contributed by atoms with Gasteiger partial charge in [-0.15, -0.1) is 0 Å². The predicted octanol–water partition coefficient (Wildman–Crippen LogP) is 0.365. The van der Waals surface area contributed by atoms with Crippen molar-refractivity contribution in [1.29, 1.82) is 0 Å². The number of hydrogen-bond acceptors (Lipinski definition) is 4. The van der Waals surface area contributed by atoms with Crippen LogP contribution < -0.4 is 10.5 Å². The SMILES string of the molecule is NS(=O)(=O)CC1CCN(C(=O)NCCN2CCc3ccccc3C2)C1. The zero-order valence-electron chi connectivity index (χ0n) is 14.4. The van der Waals surface area contributed by atoms with Crippen LogP contribution in [0.3, 0.4) is 0 Å². The molecule has 0 saturated carbocycles. The molecule has 2 aliphatic heterocycles. The lowest BCUT2D eigenvalue weighted by Crippen LogP contribution is -2.43. The van der Waals surface area contributed by atoms with E-state index >= 15 is 0 Å². The third-order valence-corrected chi connectivity index (χ3v) is 5.89. The van der Waals surface area contributed by atoms with Gasteiger partial charge in [-0.05, 0) is 29.9 Å². The van der Waals surface area contributed by atoms with Crippen molar-refractivity contribution < 1.29 is 13.2 Å². The Kier molecular flexibility index (Phi) is 5.61. The first kappa shape index (κ1) is 18.2. The number of benzene rings is 1. The topological polar surface area (TPSA) is 95.7 Å². The Morgan fingerprint density at radius 3 is 2.76 bits per heavy atom. The Hall–Kier alpha value is -1.64. The van der Waals surface area contributed by atoms with Crippen molar-refractivity contribution in [1.82, 2.24) is 15.1 Å². The highest BCUT2D eigenvalue weighted by Crippen LogP contribution is 2.18. The number of nitrogens with zero attached hydrogens (tertiary/aromatic N) is 2. The third kappa shape index (κ3) is 5.17. The number of nitrogens with two attached hydrogens (primary N) is 1. The molecule has 1 saturated heterocycles. The second kappa shape index (κ2) is 7.72. The van der Waals surface area contributed by atoms with Gasteiger partial charge in [0.2, 0.25) is 10.0 Å². The molecule has 8 heteroatoms. The summed E-state index contributed by atoms with van der Waals surface area (Å²) in [6.07, 6.45) is 1.73. The number of carbonyl (C=O) groups is 1. The van der Waals surface area contributed by atoms with E-state index in [1.54, 1.807) is 4.90 Å². The van der Waals surface area contributed by atoms with E-state index in [4.69, 9.17) is 5.14 Å². The molecule has 1 unspecified atom stereocenters. The Balaban J connectivity index is 1.39. The second-order valence-electron chi connectivity index (χ2n) is 6.96. The van der Waals surface area contributed by atoms with Gasteiger partial charge in [-0.25, -0.2) is 18.4 Å². The summed E-state index contributed by atoms with van der Waals surface area (Å²) in [5.74, 6) is -0.108. The smallest absolute Gasteiger partial charge is 0.317 e. The standard InChI is InChI=1S/C17H26N4O3S/c18-25(23,24)13-14-5-9-21(11-14)17(22)19-7-10-20-8-6-15-3-1-2-4-16(15)12-20/h1-4,14H,5-13H2,(H,19,22)(H2,18,23,24). The molecule has 0 aliphatic carbocycles. The number of carbonyl (C=O) groups excluding carboxylic acids is 1. The van der Waals surface area contributed by atoms with Gasteiger partial charge < -0.3 is 10.2 Å². The number of urea groups is 1. The first-order valence-electron chi connectivity index (χ1n) is 8.73. The first-order chi connectivity index (χ1) is 11.9. The fraction of sp³-hybridized carbons (Fsp3) is 0.588. The normalized spacial score (nSPS) is 21.2. The zero-order valence-corrected chi connectivity index (χ0v) is 15.2. The highest BCUT2D eigenvalue weighted by molar-refractivity contribution is 7.89. The highest BCUT2D eigenvalue weighted by atomic mass is 32.2. The van der Waals surface area contributed by atoms with Crippen LogP contribution in [0.2, 0.25) is 0 Å². The molecule has 2 aliphatic rings. The Bertz CT molecular complexity index is 722. The molecule has 1 aromatic carbocycles. The maximum absolute atomic E-state index is 12.2. The van der Waals surface area contributed by atoms with Crippen LogP contribution in [-0.2, 0) is 23.0 Å². The number of rotatable bonds is 5. The van der Waals surface area contributed by atoms with Gasteiger partial charge in [0.05, 0.1) is 5.75 Å². The van der Waals surface area contributed by atoms with Gasteiger partial charge in [0, 0.05) is 39.3 Å². The van der Waals surface area contributed by atoms with Crippen LogP contribution in [0.4, 0.5) is 4.79 Å². The molecule has 0 spiro atoms. The highest BCUT2D eigenvalue weighted by Gasteiger charge is 2.28. The van der Waals surface area contributed by atoms with Crippen molar-refractivity contribution in [3.05, 3.63) is 35.4 Å². The van der Waals surface area contributed by atoms with Crippen molar-refractivity contribution in [2.24, 2.45) is 11.1 Å². The van der Waals surface area contributed by atoms with Crippen LogP contribution in [0.25, 0.3) is 0 Å². The summed E-state index contributed by atoms with van der Waals surface area (Å²) in [5.41, 5.74) is 2.78. The molecule has 0 aromatic heterocycles. The molecule has 1 fully saturated rings. The minimum Gasteiger partial charge on any atom is -0.337 e. The quantitative estimate of drug-likeness (QED) is 0.787. The summed E-state index contributed by atoms with van der Waals surface area (Å²) >= 11 is 0. The van der Waals surface area contributed by atoms with Crippen LogP contribution in [0, 0.1) is 5.92 Å². The molecule has 1 atom stereocenters. The summed E-state index contributed by atoms with van der Waals surface area (Å²) in [5, 5.41) is 8.03. The van der Waals surface area contributed by atoms with Gasteiger partial charge in [0.1, 0.15) is 0 Å². The number of fused-ring (bicyclic) bond motifs is 1. The lowest BCUT2D eigenvalue weighted by atomic mass is 10.00. The molecule has 3 N–H and O–H groups in total. The van der Waals surface area contributed by atoms with Gasteiger partial charge in [0.25, 0.3) is 0 Å². The van der Waals surface area contributed by atoms with Crippen molar-refractivity contribution in [3.63, 3.8) is 0 Å². The fourth-order valence-electron chi connectivity index (χ4n) is 3.66. The molecule has 25 heavy (non-hydrogen) atoms. The molecule has 7 nitrogen and oxygen atoms in total. The zero-order chi connectivity index (χ0) is 17.9. The largest absolute Gasteiger partial charge is 0.337 e. The van der Waals surface area contributed by atoms with E-state index in [0.29, 0.717) is 26.1 Å². The number of likely N-dealkylation sites (tertiary alicyclic amines) is 1. The van der Waals surface area contributed by atoms with Crippen molar-refractivity contribution >= 4 is 16.1 Å². The van der Waals surface area contributed by atoms with Crippen LogP contribution in [-0.4, -0.2) is 62.7 Å². The fourth-order valence-corrected chi connectivity index (χ4v) is 4.59. The maximum atomic E-state index is 12.2. The molecule has 0 radical (unpaired) electrons. The maximum Gasteiger partial charge on any atom is 0.317 e. The minimum absolute atomic E-state index is 0.0516. The van der Waals surface area contributed by atoms with Crippen LogP contribution in [0.5, 0.6) is 0 Å². The van der Waals surface area contributed by atoms with E-state index in [-0.39, 0.29) is 17.7 Å². The predicted molar refractivity (Wildman–Crippen MR) is 96.5 cm³/mol. The van der Waals surface area contributed by atoms with Gasteiger partial charge in [-0.2, -0.15) is 0 Å². The summed E-state index contributed by atoms with van der Waals surface area (Å²) in [6, 6.07) is 8.37. The van der Waals surface area contributed by atoms with Crippen molar-refractivity contribution in [2.45, 2.75) is 19.4 Å². The van der Waals surface area contributed by atoms with E-state index in [1.807, 2.05) is 0 Å². The van der Waals surface area contributed by atoms with Gasteiger partial charge in [0.15, 0.2) is 0 Å². The number of primary sulfonamides is 1. The molecule has 0 bridgehead atoms. The number of hydrogen-bond donors (Lipinski definition) is 2. The number of amides is 2. The molecule has 138 valence electrons. The number of sulfonamides is 1. The molecule has 2 amide bonds. The molecule has 1 aromatic rings. The van der Waals surface area contributed by atoms with E-state index in [9.17, 15) is 13.2 Å². The van der Waals surface area contributed by atoms with Crippen LogP contribution >= 0.6 is 0 Å². The summed E-state index contributed by atoms with van der Waals surface area (Å²) < 4.78 is 22.3.